The zero-order valence-corrected chi connectivity index (χ0v) is 11.9. The minimum absolute atomic E-state index is 0.249. The SMILES string of the molecule is O=C(Nc1cccnc1)c1n[nH]c2ccc(I)cc12. The Kier molecular flexibility index (Phi) is 3.16. The van der Waals surface area contributed by atoms with Gasteiger partial charge in [0.25, 0.3) is 5.91 Å². The highest BCUT2D eigenvalue weighted by Crippen LogP contribution is 2.19. The molecule has 3 aromatic rings. The van der Waals surface area contributed by atoms with Gasteiger partial charge in [0.1, 0.15) is 0 Å². The van der Waals surface area contributed by atoms with Gasteiger partial charge in [-0.2, -0.15) is 5.10 Å². The van der Waals surface area contributed by atoms with Crippen molar-refractivity contribution < 1.29 is 4.79 Å². The van der Waals surface area contributed by atoms with Gasteiger partial charge in [0.15, 0.2) is 5.69 Å². The highest BCUT2D eigenvalue weighted by molar-refractivity contribution is 14.1. The number of H-pyrrole nitrogens is 1. The first-order chi connectivity index (χ1) is 9.24. The average Bonchev–Trinajstić information content (AvgIpc) is 2.82. The average molecular weight is 364 g/mol. The number of aromatic nitrogens is 3. The first-order valence-electron chi connectivity index (χ1n) is 5.59. The first kappa shape index (κ1) is 12.1. The van der Waals surface area contributed by atoms with Crippen LogP contribution in [0.1, 0.15) is 10.5 Å². The van der Waals surface area contributed by atoms with Crippen LogP contribution < -0.4 is 5.32 Å². The molecule has 6 heteroatoms. The minimum Gasteiger partial charge on any atom is -0.319 e. The van der Waals surface area contributed by atoms with Gasteiger partial charge in [-0.05, 0) is 52.9 Å². The fourth-order valence-corrected chi connectivity index (χ4v) is 2.28. The zero-order chi connectivity index (χ0) is 13.2. The Hall–Kier alpha value is -1.96. The molecule has 3 rings (SSSR count). The Labute approximate surface area is 122 Å². The van der Waals surface area contributed by atoms with E-state index in [9.17, 15) is 4.79 Å². The van der Waals surface area contributed by atoms with Crippen LogP contribution in [0.15, 0.2) is 42.7 Å². The highest BCUT2D eigenvalue weighted by Gasteiger charge is 2.14. The molecule has 19 heavy (non-hydrogen) atoms. The summed E-state index contributed by atoms with van der Waals surface area (Å²) < 4.78 is 1.06. The molecule has 5 nitrogen and oxygen atoms in total. The van der Waals surface area contributed by atoms with Crippen molar-refractivity contribution in [2.45, 2.75) is 0 Å². The van der Waals surface area contributed by atoms with Gasteiger partial charge in [-0.1, -0.05) is 0 Å². The van der Waals surface area contributed by atoms with Crippen molar-refractivity contribution in [1.82, 2.24) is 15.2 Å². The van der Waals surface area contributed by atoms with E-state index in [0.29, 0.717) is 11.4 Å². The Morgan fingerprint density at radius 2 is 2.21 bits per heavy atom. The zero-order valence-electron chi connectivity index (χ0n) is 9.72. The summed E-state index contributed by atoms with van der Waals surface area (Å²) >= 11 is 2.21. The van der Waals surface area contributed by atoms with E-state index in [0.717, 1.165) is 14.5 Å². The third-order valence-electron chi connectivity index (χ3n) is 2.66. The number of nitrogens with zero attached hydrogens (tertiary/aromatic N) is 2. The molecule has 1 aromatic carbocycles. The standard InChI is InChI=1S/C13H9IN4O/c14-8-3-4-11-10(6-8)12(18-17-11)13(19)16-9-2-1-5-15-7-9/h1-7H,(H,16,19)(H,17,18). The number of nitrogens with one attached hydrogen (secondary N) is 2. The van der Waals surface area contributed by atoms with Crippen LogP contribution in [0.3, 0.4) is 0 Å². The maximum Gasteiger partial charge on any atom is 0.276 e. The molecule has 2 N–H and O–H groups in total. The summed E-state index contributed by atoms with van der Waals surface area (Å²) in [5.74, 6) is -0.249. The number of benzene rings is 1. The molecule has 0 aliphatic carbocycles. The third-order valence-corrected chi connectivity index (χ3v) is 3.33. The van der Waals surface area contributed by atoms with E-state index in [1.807, 2.05) is 18.2 Å². The lowest BCUT2D eigenvalue weighted by Crippen LogP contribution is -2.12. The van der Waals surface area contributed by atoms with Gasteiger partial charge in [0, 0.05) is 15.2 Å². The second kappa shape index (κ2) is 4.96. The van der Waals surface area contributed by atoms with Gasteiger partial charge in [-0.3, -0.25) is 14.9 Å². The second-order valence-corrected chi connectivity index (χ2v) is 5.20. The van der Waals surface area contributed by atoms with Crippen molar-refractivity contribution in [2.75, 3.05) is 5.32 Å². The molecular weight excluding hydrogens is 355 g/mol. The Morgan fingerprint density at radius 1 is 1.32 bits per heavy atom. The summed E-state index contributed by atoms with van der Waals surface area (Å²) in [6.45, 7) is 0. The van der Waals surface area contributed by atoms with Gasteiger partial charge in [0.05, 0.1) is 17.4 Å². The maximum absolute atomic E-state index is 12.2. The van der Waals surface area contributed by atoms with Crippen LogP contribution >= 0.6 is 22.6 Å². The molecule has 2 heterocycles. The van der Waals surface area contributed by atoms with E-state index in [1.165, 1.54) is 0 Å². The van der Waals surface area contributed by atoms with Crippen LogP contribution in [-0.4, -0.2) is 21.1 Å². The smallest absolute Gasteiger partial charge is 0.276 e. The molecule has 0 aliphatic heterocycles. The van der Waals surface area contributed by atoms with Gasteiger partial charge in [-0.15, -0.1) is 0 Å². The lowest BCUT2D eigenvalue weighted by Gasteiger charge is -2.02. The van der Waals surface area contributed by atoms with Crippen molar-refractivity contribution in [2.24, 2.45) is 0 Å². The lowest BCUT2D eigenvalue weighted by molar-refractivity contribution is 0.102. The van der Waals surface area contributed by atoms with Crippen molar-refractivity contribution in [1.29, 1.82) is 0 Å². The Morgan fingerprint density at radius 3 is 3.00 bits per heavy atom. The highest BCUT2D eigenvalue weighted by atomic mass is 127. The molecule has 0 spiro atoms. The second-order valence-electron chi connectivity index (χ2n) is 3.96. The summed E-state index contributed by atoms with van der Waals surface area (Å²) in [5, 5.41) is 10.5. The molecule has 2 aromatic heterocycles. The van der Waals surface area contributed by atoms with Crippen molar-refractivity contribution >= 4 is 45.1 Å². The van der Waals surface area contributed by atoms with Crippen LogP contribution in [0.4, 0.5) is 5.69 Å². The number of anilines is 1. The number of rotatable bonds is 2. The van der Waals surface area contributed by atoms with E-state index in [1.54, 1.807) is 24.5 Å². The van der Waals surface area contributed by atoms with Crippen LogP contribution in [0.2, 0.25) is 0 Å². The normalized spacial score (nSPS) is 10.6. The number of hydrogen-bond donors (Lipinski definition) is 2. The van der Waals surface area contributed by atoms with E-state index in [4.69, 9.17) is 0 Å². The van der Waals surface area contributed by atoms with Crippen LogP contribution in [0, 0.1) is 3.57 Å². The van der Waals surface area contributed by atoms with E-state index in [-0.39, 0.29) is 5.91 Å². The molecule has 0 unspecified atom stereocenters. The summed E-state index contributed by atoms with van der Waals surface area (Å²) in [5.41, 5.74) is 1.88. The van der Waals surface area contributed by atoms with Crippen molar-refractivity contribution in [3.05, 3.63) is 52.0 Å². The summed E-state index contributed by atoms with van der Waals surface area (Å²) in [6, 6.07) is 9.34. The summed E-state index contributed by atoms with van der Waals surface area (Å²) in [6.07, 6.45) is 3.25. The predicted octanol–water partition coefficient (Wildman–Crippen LogP) is 2.81. The van der Waals surface area contributed by atoms with Gasteiger partial charge in [-0.25, -0.2) is 0 Å². The monoisotopic (exact) mass is 364 g/mol. The summed E-state index contributed by atoms with van der Waals surface area (Å²) in [4.78, 5) is 16.1. The van der Waals surface area contributed by atoms with Crippen LogP contribution in [-0.2, 0) is 0 Å². The molecule has 0 bridgehead atoms. The van der Waals surface area contributed by atoms with Gasteiger partial charge >= 0.3 is 0 Å². The fraction of sp³-hybridized carbons (Fsp3) is 0. The fourth-order valence-electron chi connectivity index (χ4n) is 1.79. The van der Waals surface area contributed by atoms with E-state index in [2.05, 4.69) is 43.1 Å². The Balaban J connectivity index is 1.96. The van der Waals surface area contributed by atoms with Gasteiger partial charge < -0.3 is 5.32 Å². The summed E-state index contributed by atoms with van der Waals surface area (Å²) in [7, 11) is 0. The number of carbonyl (C=O) groups excluding carboxylic acids is 1. The minimum atomic E-state index is -0.249. The maximum atomic E-state index is 12.2. The molecule has 0 saturated heterocycles. The number of carbonyl (C=O) groups is 1. The van der Waals surface area contributed by atoms with Crippen molar-refractivity contribution in [3.8, 4) is 0 Å². The Bertz CT molecular complexity index is 739. The molecule has 0 atom stereocenters. The topological polar surface area (TPSA) is 70.7 Å². The first-order valence-corrected chi connectivity index (χ1v) is 6.67. The third kappa shape index (κ3) is 2.43. The van der Waals surface area contributed by atoms with E-state index < -0.39 is 0 Å². The number of fused-ring (bicyclic) bond motifs is 1. The van der Waals surface area contributed by atoms with Gasteiger partial charge in [0.2, 0.25) is 0 Å². The van der Waals surface area contributed by atoms with E-state index >= 15 is 0 Å². The van der Waals surface area contributed by atoms with Crippen molar-refractivity contribution in [3.63, 3.8) is 0 Å². The number of aromatic amines is 1. The quantitative estimate of drug-likeness (QED) is 0.687. The lowest BCUT2D eigenvalue weighted by atomic mass is 10.2. The molecule has 0 saturated carbocycles. The molecule has 0 aliphatic rings. The largest absolute Gasteiger partial charge is 0.319 e. The predicted molar refractivity (Wildman–Crippen MR) is 81.0 cm³/mol. The molecular formula is C13H9IN4O. The molecule has 0 fully saturated rings. The number of pyridine rings is 1. The number of amides is 1. The molecule has 0 radical (unpaired) electrons. The molecule has 94 valence electrons. The van der Waals surface area contributed by atoms with Crippen LogP contribution in [0.5, 0.6) is 0 Å². The number of hydrogen-bond acceptors (Lipinski definition) is 3. The number of halogens is 1. The molecule has 1 amide bonds. The van der Waals surface area contributed by atoms with Crippen LogP contribution in [0.25, 0.3) is 10.9 Å².